The summed E-state index contributed by atoms with van der Waals surface area (Å²) in [5.74, 6) is -0.0352. The lowest BCUT2D eigenvalue weighted by Gasteiger charge is -2.23. The molecule has 0 aliphatic carbocycles. The normalized spacial score (nSPS) is 15.1. The molecular formula is C23H29N2O5+. The van der Waals surface area contributed by atoms with E-state index in [1.165, 1.54) is 4.90 Å². The summed E-state index contributed by atoms with van der Waals surface area (Å²) in [5, 5.41) is 4.86. The molecule has 1 amide bonds. The van der Waals surface area contributed by atoms with Gasteiger partial charge in [0.2, 0.25) is 5.91 Å². The third-order valence-electron chi connectivity index (χ3n) is 6.01. The van der Waals surface area contributed by atoms with E-state index in [2.05, 4.69) is 5.32 Å². The largest absolute Gasteiger partial charge is 0.464 e. The Morgan fingerprint density at radius 3 is 2.73 bits per heavy atom. The molecule has 30 heavy (non-hydrogen) atoms. The molecule has 0 radical (unpaired) electrons. The molecule has 160 valence electrons. The molecule has 1 aromatic carbocycles. The predicted octanol–water partition coefficient (Wildman–Crippen LogP) is 1.51. The molecule has 0 atom stereocenters. The number of amides is 1. The quantitative estimate of drug-likeness (QED) is 0.453. The van der Waals surface area contributed by atoms with Crippen molar-refractivity contribution in [2.24, 2.45) is 0 Å². The number of benzene rings is 1. The van der Waals surface area contributed by atoms with Crippen LogP contribution >= 0.6 is 0 Å². The molecule has 0 bridgehead atoms. The van der Waals surface area contributed by atoms with E-state index in [4.69, 9.17) is 13.6 Å². The van der Waals surface area contributed by atoms with Gasteiger partial charge >= 0.3 is 5.63 Å². The first-order chi connectivity index (χ1) is 14.5. The van der Waals surface area contributed by atoms with Gasteiger partial charge in [-0.1, -0.05) is 0 Å². The summed E-state index contributed by atoms with van der Waals surface area (Å²) in [7, 11) is 0. The molecule has 0 spiro atoms. The number of ether oxygens (including phenoxy) is 1. The minimum absolute atomic E-state index is 0.0352. The molecule has 4 rings (SSSR count). The highest BCUT2D eigenvalue weighted by Gasteiger charge is 2.16. The van der Waals surface area contributed by atoms with Crippen LogP contribution in [0.1, 0.15) is 29.5 Å². The Hall–Kier alpha value is -2.64. The minimum Gasteiger partial charge on any atom is -0.464 e. The van der Waals surface area contributed by atoms with E-state index in [0.29, 0.717) is 29.7 Å². The van der Waals surface area contributed by atoms with Gasteiger partial charge in [-0.15, -0.1) is 0 Å². The number of morpholine rings is 1. The van der Waals surface area contributed by atoms with Gasteiger partial charge in [-0.25, -0.2) is 4.79 Å². The van der Waals surface area contributed by atoms with Crippen LogP contribution in [0.2, 0.25) is 0 Å². The van der Waals surface area contributed by atoms with E-state index >= 15 is 0 Å². The van der Waals surface area contributed by atoms with Crippen LogP contribution in [0.5, 0.6) is 0 Å². The molecule has 2 N–H and O–H groups in total. The summed E-state index contributed by atoms with van der Waals surface area (Å²) in [6.07, 6.45) is 3.28. The molecule has 7 nitrogen and oxygen atoms in total. The number of rotatable bonds is 7. The van der Waals surface area contributed by atoms with E-state index in [0.717, 1.165) is 61.2 Å². The predicted molar refractivity (Wildman–Crippen MR) is 114 cm³/mol. The third kappa shape index (κ3) is 4.42. The Morgan fingerprint density at radius 1 is 1.13 bits per heavy atom. The van der Waals surface area contributed by atoms with Gasteiger partial charge in [-0.3, -0.25) is 4.79 Å². The standard InChI is InChI=1S/C23H28N2O5/c1-15-14-29-20-13-21-19(12-18(15)20)16(2)17(23(27)30-21)4-5-22(26)24-6-3-7-25-8-10-28-11-9-25/h12-14H,3-11H2,1-2H3,(H,24,26)/p+1. The molecule has 0 unspecified atom stereocenters. The molecule has 7 heteroatoms. The minimum atomic E-state index is -0.383. The molecule has 0 saturated carbocycles. The third-order valence-corrected chi connectivity index (χ3v) is 6.01. The van der Waals surface area contributed by atoms with Crippen molar-refractivity contribution >= 4 is 27.8 Å². The lowest BCUT2D eigenvalue weighted by atomic mass is 10.0. The first-order valence-electron chi connectivity index (χ1n) is 10.6. The van der Waals surface area contributed by atoms with Crippen LogP contribution in [0, 0.1) is 13.8 Å². The first kappa shape index (κ1) is 20.6. The number of nitrogens with one attached hydrogen (secondary N) is 2. The van der Waals surface area contributed by atoms with Crippen molar-refractivity contribution in [2.45, 2.75) is 33.1 Å². The van der Waals surface area contributed by atoms with Gasteiger partial charge in [0.1, 0.15) is 24.3 Å². The highest BCUT2D eigenvalue weighted by atomic mass is 16.5. The van der Waals surface area contributed by atoms with Crippen LogP contribution in [0.15, 0.2) is 32.0 Å². The smallest absolute Gasteiger partial charge is 0.339 e. The summed E-state index contributed by atoms with van der Waals surface area (Å²) in [6, 6.07) is 3.76. The molecule has 1 aliphatic rings. The van der Waals surface area contributed by atoms with Crippen molar-refractivity contribution in [3.63, 3.8) is 0 Å². The van der Waals surface area contributed by atoms with Crippen LogP contribution in [-0.2, 0) is 16.0 Å². The van der Waals surface area contributed by atoms with Crippen molar-refractivity contribution in [1.29, 1.82) is 0 Å². The Labute approximate surface area is 175 Å². The van der Waals surface area contributed by atoms with Gasteiger partial charge in [0.25, 0.3) is 0 Å². The van der Waals surface area contributed by atoms with Gasteiger partial charge in [-0.05, 0) is 37.5 Å². The van der Waals surface area contributed by atoms with Gasteiger partial charge < -0.3 is 23.8 Å². The lowest BCUT2D eigenvalue weighted by Crippen LogP contribution is -3.14. The molecule has 1 fully saturated rings. The average Bonchev–Trinajstić information content (AvgIpc) is 3.10. The summed E-state index contributed by atoms with van der Waals surface area (Å²) in [4.78, 5) is 26.3. The van der Waals surface area contributed by atoms with Crippen molar-refractivity contribution in [3.05, 3.63) is 45.5 Å². The molecule has 3 heterocycles. The fourth-order valence-corrected chi connectivity index (χ4v) is 4.13. The molecular weight excluding hydrogens is 384 g/mol. The second-order valence-electron chi connectivity index (χ2n) is 8.07. The van der Waals surface area contributed by atoms with Crippen molar-refractivity contribution < 1.29 is 23.3 Å². The van der Waals surface area contributed by atoms with Crippen molar-refractivity contribution in [2.75, 3.05) is 39.4 Å². The van der Waals surface area contributed by atoms with Crippen LogP contribution in [0.4, 0.5) is 0 Å². The highest BCUT2D eigenvalue weighted by Crippen LogP contribution is 2.28. The summed E-state index contributed by atoms with van der Waals surface area (Å²) in [5.41, 5.74) is 3.30. The maximum Gasteiger partial charge on any atom is 0.339 e. The fraction of sp³-hybridized carbons (Fsp3) is 0.478. The number of furan rings is 1. The van der Waals surface area contributed by atoms with Gasteiger partial charge in [0, 0.05) is 41.8 Å². The van der Waals surface area contributed by atoms with Gasteiger partial charge in [0.05, 0.1) is 26.0 Å². The summed E-state index contributed by atoms with van der Waals surface area (Å²) >= 11 is 0. The van der Waals surface area contributed by atoms with E-state index in [9.17, 15) is 9.59 Å². The van der Waals surface area contributed by atoms with E-state index in [1.54, 1.807) is 12.3 Å². The number of fused-ring (bicyclic) bond motifs is 2. The number of hydrogen-bond donors (Lipinski definition) is 2. The van der Waals surface area contributed by atoms with Crippen LogP contribution in [0.25, 0.3) is 21.9 Å². The topological polar surface area (TPSA) is 86.1 Å². The van der Waals surface area contributed by atoms with E-state index in [-0.39, 0.29) is 18.0 Å². The maximum atomic E-state index is 12.5. The lowest BCUT2D eigenvalue weighted by molar-refractivity contribution is -0.908. The molecule has 2 aromatic heterocycles. The average molecular weight is 413 g/mol. The highest BCUT2D eigenvalue weighted by molar-refractivity contribution is 5.96. The Kier molecular flexibility index (Phi) is 6.20. The SMILES string of the molecule is Cc1coc2cc3oc(=O)c(CCC(=O)NCCC[NH+]4CCOCC4)c(C)c3cc12. The number of carbonyl (C=O) groups is 1. The van der Waals surface area contributed by atoms with Gasteiger partial charge in [0.15, 0.2) is 0 Å². The van der Waals surface area contributed by atoms with Crippen LogP contribution < -0.4 is 15.8 Å². The Morgan fingerprint density at radius 2 is 1.93 bits per heavy atom. The second-order valence-corrected chi connectivity index (χ2v) is 8.07. The van der Waals surface area contributed by atoms with E-state index in [1.807, 2.05) is 19.9 Å². The number of hydrogen-bond acceptors (Lipinski definition) is 5. The fourth-order valence-electron chi connectivity index (χ4n) is 4.13. The van der Waals surface area contributed by atoms with Crippen molar-refractivity contribution in [1.82, 2.24) is 5.32 Å². The van der Waals surface area contributed by atoms with Crippen molar-refractivity contribution in [3.8, 4) is 0 Å². The maximum absolute atomic E-state index is 12.5. The zero-order chi connectivity index (χ0) is 21.1. The first-order valence-corrected chi connectivity index (χ1v) is 10.6. The number of carbonyl (C=O) groups excluding carboxylic acids is 1. The van der Waals surface area contributed by atoms with Gasteiger partial charge in [-0.2, -0.15) is 0 Å². The van der Waals surface area contributed by atoms with E-state index < -0.39 is 0 Å². The summed E-state index contributed by atoms with van der Waals surface area (Å²) < 4.78 is 16.4. The summed E-state index contributed by atoms with van der Waals surface area (Å²) in [6.45, 7) is 9.31. The molecule has 3 aromatic rings. The van der Waals surface area contributed by atoms with Crippen LogP contribution in [-0.4, -0.2) is 45.3 Å². The number of quaternary nitrogens is 1. The van der Waals surface area contributed by atoms with Crippen LogP contribution in [0.3, 0.4) is 0 Å². The Bertz CT molecular complexity index is 1110. The Balaban J connectivity index is 1.37. The molecule has 1 saturated heterocycles. The zero-order valence-corrected chi connectivity index (χ0v) is 17.6. The second kappa shape index (κ2) is 9.02. The number of aryl methyl sites for hydroxylation is 2. The zero-order valence-electron chi connectivity index (χ0n) is 17.6. The monoisotopic (exact) mass is 413 g/mol. The molecule has 1 aliphatic heterocycles.